The van der Waals surface area contributed by atoms with E-state index >= 15 is 0 Å². The van der Waals surface area contributed by atoms with E-state index in [4.69, 9.17) is 6.57 Å². The lowest BCUT2D eigenvalue weighted by atomic mass is 10.4. The van der Waals surface area contributed by atoms with Crippen LogP contribution in [0.15, 0.2) is 6.07 Å². The van der Waals surface area contributed by atoms with Gasteiger partial charge in [-0.1, -0.05) is 0 Å². The SMILES string of the molecule is [C-]#[N+]CCCn1nc(C)cc1C. The van der Waals surface area contributed by atoms with Gasteiger partial charge in [0.1, 0.15) is 0 Å². The molecule has 1 rings (SSSR count). The van der Waals surface area contributed by atoms with Crippen molar-refractivity contribution in [2.45, 2.75) is 26.8 Å². The first-order valence-electron chi connectivity index (χ1n) is 4.08. The van der Waals surface area contributed by atoms with Gasteiger partial charge in [0, 0.05) is 18.7 Å². The van der Waals surface area contributed by atoms with Gasteiger partial charge in [0.05, 0.1) is 5.69 Å². The highest BCUT2D eigenvalue weighted by Gasteiger charge is 1.99. The summed E-state index contributed by atoms with van der Waals surface area (Å²) in [6.45, 7) is 12.1. The maximum absolute atomic E-state index is 6.62. The molecule has 1 aromatic rings. The molecule has 0 amide bonds. The van der Waals surface area contributed by atoms with E-state index in [1.807, 2.05) is 18.5 Å². The van der Waals surface area contributed by atoms with Crippen molar-refractivity contribution in [3.63, 3.8) is 0 Å². The molecule has 0 aromatic carbocycles. The summed E-state index contributed by atoms with van der Waals surface area (Å²) >= 11 is 0. The molecule has 0 bridgehead atoms. The molecule has 3 nitrogen and oxygen atoms in total. The number of hydrogen-bond acceptors (Lipinski definition) is 1. The lowest BCUT2D eigenvalue weighted by Gasteiger charge is -1.99. The van der Waals surface area contributed by atoms with Crippen LogP contribution in [0.3, 0.4) is 0 Å². The number of nitrogens with zero attached hydrogens (tertiary/aromatic N) is 3. The molecule has 0 unspecified atom stereocenters. The van der Waals surface area contributed by atoms with Gasteiger partial charge in [-0.15, -0.1) is 0 Å². The van der Waals surface area contributed by atoms with Gasteiger partial charge in [0.2, 0.25) is 6.54 Å². The lowest BCUT2D eigenvalue weighted by Crippen LogP contribution is -2.03. The predicted molar refractivity (Wildman–Crippen MR) is 47.8 cm³/mol. The summed E-state index contributed by atoms with van der Waals surface area (Å²) in [6, 6.07) is 2.05. The Labute approximate surface area is 72.8 Å². The van der Waals surface area contributed by atoms with E-state index in [0.29, 0.717) is 6.54 Å². The fourth-order valence-electron chi connectivity index (χ4n) is 1.20. The minimum absolute atomic E-state index is 0.596. The van der Waals surface area contributed by atoms with E-state index in [0.717, 1.165) is 18.7 Å². The molecule has 64 valence electrons. The average molecular weight is 163 g/mol. The number of hydrogen-bond donors (Lipinski definition) is 0. The van der Waals surface area contributed by atoms with Crippen LogP contribution in [-0.4, -0.2) is 16.3 Å². The van der Waals surface area contributed by atoms with Crippen molar-refractivity contribution < 1.29 is 0 Å². The lowest BCUT2D eigenvalue weighted by molar-refractivity contribution is 0.578. The van der Waals surface area contributed by atoms with Crippen molar-refractivity contribution in [3.05, 3.63) is 28.9 Å². The third-order valence-electron chi connectivity index (χ3n) is 1.74. The Morgan fingerprint density at radius 3 is 2.83 bits per heavy atom. The molecule has 3 heteroatoms. The third-order valence-corrected chi connectivity index (χ3v) is 1.74. The molecule has 0 saturated carbocycles. The molecule has 12 heavy (non-hydrogen) atoms. The van der Waals surface area contributed by atoms with Crippen molar-refractivity contribution in [1.82, 2.24) is 9.78 Å². The predicted octanol–water partition coefficient (Wildman–Crippen LogP) is 1.81. The summed E-state index contributed by atoms with van der Waals surface area (Å²) in [7, 11) is 0. The Morgan fingerprint density at radius 2 is 2.33 bits per heavy atom. The van der Waals surface area contributed by atoms with Gasteiger partial charge < -0.3 is 4.85 Å². The second-order valence-electron chi connectivity index (χ2n) is 2.89. The van der Waals surface area contributed by atoms with E-state index in [1.165, 1.54) is 5.69 Å². The summed E-state index contributed by atoms with van der Waals surface area (Å²) in [5.74, 6) is 0. The standard InChI is InChI=1S/C9H13N3/c1-8-7-9(2)12(11-8)6-4-5-10-3/h7H,4-6H2,1-2H3. The van der Waals surface area contributed by atoms with Crippen LogP contribution in [0.2, 0.25) is 0 Å². The fourth-order valence-corrected chi connectivity index (χ4v) is 1.20. The zero-order chi connectivity index (χ0) is 8.97. The Bertz CT molecular complexity index is 293. The quantitative estimate of drug-likeness (QED) is 0.492. The molecule has 0 aliphatic heterocycles. The van der Waals surface area contributed by atoms with Crippen LogP contribution in [0.5, 0.6) is 0 Å². The fraction of sp³-hybridized carbons (Fsp3) is 0.556. The van der Waals surface area contributed by atoms with Crippen molar-refractivity contribution in [3.8, 4) is 0 Å². The molecule has 0 spiro atoms. The van der Waals surface area contributed by atoms with Crippen LogP contribution in [0.4, 0.5) is 0 Å². The molecule has 0 fully saturated rings. The molecule has 0 N–H and O–H groups in total. The second-order valence-corrected chi connectivity index (χ2v) is 2.89. The molecule has 0 aliphatic carbocycles. The minimum Gasteiger partial charge on any atom is -0.317 e. The molecular weight excluding hydrogens is 150 g/mol. The normalized spacial score (nSPS) is 9.75. The smallest absolute Gasteiger partial charge is 0.216 e. The monoisotopic (exact) mass is 163 g/mol. The topological polar surface area (TPSA) is 22.2 Å². The largest absolute Gasteiger partial charge is 0.317 e. The summed E-state index contributed by atoms with van der Waals surface area (Å²) in [5, 5.41) is 4.30. The van der Waals surface area contributed by atoms with E-state index in [-0.39, 0.29) is 0 Å². The second kappa shape index (κ2) is 3.91. The van der Waals surface area contributed by atoms with E-state index < -0.39 is 0 Å². The Hall–Kier alpha value is -1.30. The maximum atomic E-state index is 6.62. The maximum Gasteiger partial charge on any atom is 0.216 e. The zero-order valence-corrected chi connectivity index (χ0v) is 7.54. The van der Waals surface area contributed by atoms with Gasteiger partial charge in [-0.25, -0.2) is 6.57 Å². The summed E-state index contributed by atoms with van der Waals surface area (Å²) in [5.41, 5.74) is 2.23. The third kappa shape index (κ3) is 2.09. The van der Waals surface area contributed by atoms with Gasteiger partial charge in [-0.2, -0.15) is 5.10 Å². The van der Waals surface area contributed by atoms with E-state index in [1.54, 1.807) is 0 Å². The van der Waals surface area contributed by atoms with Crippen LogP contribution in [-0.2, 0) is 6.54 Å². The molecule has 0 aliphatic rings. The van der Waals surface area contributed by atoms with Crippen LogP contribution < -0.4 is 0 Å². The molecule has 0 atom stereocenters. The summed E-state index contributed by atoms with van der Waals surface area (Å²) in [6.07, 6.45) is 0.894. The minimum atomic E-state index is 0.596. The first-order chi connectivity index (χ1) is 5.74. The van der Waals surface area contributed by atoms with Crippen molar-refractivity contribution >= 4 is 0 Å². The van der Waals surface area contributed by atoms with Crippen molar-refractivity contribution in [2.75, 3.05) is 6.54 Å². The molecule has 0 radical (unpaired) electrons. The Kier molecular flexibility index (Phi) is 2.87. The summed E-state index contributed by atoms with van der Waals surface area (Å²) < 4.78 is 1.96. The van der Waals surface area contributed by atoms with Gasteiger partial charge in [0.25, 0.3) is 0 Å². The molecule has 1 aromatic heterocycles. The first-order valence-corrected chi connectivity index (χ1v) is 4.08. The van der Waals surface area contributed by atoms with Crippen LogP contribution in [0.1, 0.15) is 17.8 Å². The Balaban J connectivity index is 2.52. The van der Waals surface area contributed by atoms with Gasteiger partial charge in [-0.3, -0.25) is 4.68 Å². The molecular formula is C9H13N3. The highest BCUT2D eigenvalue weighted by Crippen LogP contribution is 2.02. The van der Waals surface area contributed by atoms with Crippen LogP contribution >= 0.6 is 0 Å². The molecule has 0 saturated heterocycles. The number of rotatable bonds is 3. The van der Waals surface area contributed by atoms with Crippen molar-refractivity contribution in [2.24, 2.45) is 0 Å². The van der Waals surface area contributed by atoms with Crippen molar-refractivity contribution in [1.29, 1.82) is 0 Å². The van der Waals surface area contributed by atoms with E-state index in [2.05, 4.69) is 16.0 Å². The van der Waals surface area contributed by atoms with E-state index in [9.17, 15) is 0 Å². The van der Waals surface area contributed by atoms with Crippen LogP contribution in [0, 0.1) is 20.4 Å². The average Bonchev–Trinajstić information content (AvgIpc) is 2.31. The van der Waals surface area contributed by atoms with Gasteiger partial charge in [-0.05, 0) is 19.9 Å². The summed E-state index contributed by atoms with van der Waals surface area (Å²) in [4.78, 5) is 3.30. The molecule has 1 heterocycles. The first kappa shape index (κ1) is 8.79. The Morgan fingerprint density at radius 1 is 1.58 bits per heavy atom. The van der Waals surface area contributed by atoms with Crippen LogP contribution in [0.25, 0.3) is 4.85 Å². The highest BCUT2D eigenvalue weighted by atomic mass is 15.3. The number of aromatic nitrogens is 2. The van der Waals surface area contributed by atoms with Gasteiger partial charge in [0.15, 0.2) is 0 Å². The zero-order valence-electron chi connectivity index (χ0n) is 7.54. The highest BCUT2D eigenvalue weighted by molar-refractivity contribution is 5.06. The number of aryl methyl sites for hydroxylation is 3. The van der Waals surface area contributed by atoms with Gasteiger partial charge >= 0.3 is 0 Å².